The molecule has 0 aliphatic carbocycles. The Morgan fingerprint density at radius 3 is 2.42 bits per heavy atom. The first-order valence-corrected chi connectivity index (χ1v) is 12.2. The molecule has 6 nitrogen and oxygen atoms in total. The normalized spacial score (nSPS) is 11.7. The van der Waals surface area contributed by atoms with Crippen LogP contribution < -0.4 is 15.0 Å². The van der Waals surface area contributed by atoms with Gasteiger partial charge in [-0.2, -0.15) is 0 Å². The summed E-state index contributed by atoms with van der Waals surface area (Å²) in [5, 5.41) is 2.14. The smallest absolute Gasteiger partial charge is 0.259 e. The van der Waals surface area contributed by atoms with Crippen molar-refractivity contribution in [3.05, 3.63) is 75.8 Å². The molecule has 0 saturated heterocycles. The maximum Gasteiger partial charge on any atom is 0.259 e. The summed E-state index contributed by atoms with van der Waals surface area (Å²) in [7, 11) is -2.07. The van der Waals surface area contributed by atoms with E-state index in [9.17, 15) is 26.4 Å². The topological polar surface area (TPSA) is 77.4 Å². The van der Waals surface area contributed by atoms with Gasteiger partial charge in [0.25, 0.3) is 5.56 Å². The largest absolute Gasteiger partial charge is 0.451 e. The van der Waals surface area contributed by atoms with Crippen molar-refractivity contribution < 1.29 is 26.3 Å². The summed E-state index contributed by atoms with van der Waals surface area (Å²) in [6, 6.07) is 6.79. The Balaban J connectivity index is 1.95. The summed E-state index contributed by atoms with van der Waals surface area (Å²) in [6.45, 7) is 1.48. The molecule has 0 spiro atoms. The molecular formula is C22H17F3N2O4S2. The molecule has 0 radical (unpaired) electrons. The van der Waals surface area contributed by atoms with Crippen molar-refractivity contribution in [3.63, 3.8) is 0 Å². The minimum absolute atomic E-state index is 0.0211. The van der Waals surface area contributed by atoms with Crippen LogP contribution in [0.4, 0.5) is 18.9 Å². The fraction of sp³-hybridized carbons (Fsp3) is 0.136. The Hall–Kier alpha value is -3.31. The molecule has 0 aliphatic heterocycles. The number of ether oxygens (including phenoxy) is 1. The van der Waals surface area contributed by atoms with Crippen LogP contribution in [0.5, 0.6) is 11.5 Å². The standard InChI is InChI=1S/C22H17F3N2O4S2/c1-3-33(29,30)26-13-4-5-19(31-20-17(24)8-12(23)9-18(20)25)15(10-13)16-11-27(2)22(28)14-6-7-32-21(14)16/h4-11,26H,3H2,1-2H3. The Kier molecular flexibility index (Phi) is 5.93. The average Bonchev–Trinajstić information content (AvgIpc) is 3.24. The number of thiophene rings is 1. The van der Waals surface area contributed by atoms with Crippen LogP contribution in [0.25, 0.3) is 21.2 Å². The summed E-state index contributed by atoms with van der Waals surface area (Å²) in [5.41, 5.74) is 0.712. The van der Waals surface area contributed by atoms with Gasteiger partial charge in [0, 0.05) is 46.9 Å². The van der Waals surface area contributed by atoms with Crippen LogP contribution in [0.1, 0.15) is 6.92 Å². The number of anilines is 1. The van der Waals surface area contributed by atoms with Gasteiger partial charge in [-0.25, -0.2) is 21.6 Å². The number of hydrogen-bond acceptors (Lipinski definition) is 5. The van der Waals surface area contributed by atoms with E-state index in [-0.39, 0.29) is 28.3 Å². The van der Waals surface area contributed by atoms with Gasteiger partial charge in [0.2, 0.25) is 10.0 Å². The highest BCUT2D eigenvalue weighted by atomic mass is 32.2. The monoisotopic (exact) mass is 494 g/mol. The van der Waals surface area contributed by atoms with E-state index < -0.39 is 33.2 Å². The number of rotatable bonds is 6. The van der Waals surface area contributed by atoms with Gasteiger partial charge < -0.3 is 9.30 Å². The van der Waals surface area contributed by atoms with E-state index in [4.69, 9.17) is 4.74 Å². The van der Waals surface area contributed by atoms with Crippen LogP contribution in [0.15, 0.2) is 52.8 Å². The van der Waals surface area contributed by atoms with Crippen LogP contribution in [0.2, 0.25) is 0 Å². The molecule has 4 rings (SSSR count). The predicted octanol–water partition coefficient (Wildman–Crippen LogP) is 5.24. The molecule has 2 heterocycles. The van der Waals surface area contributed by atoms with Crippen molar-refractivity contribution >= 4 is 37.1 Å². The first-order valence-electron chi connectivity index (χ1n) is 9.63. The van der Waals surface area contributed by atoms with Gasteiger partial charge in [0.1, 0.15) is 11.6 Å². The number of aromatic nitrogens is 1. The second kappa shape index (κ2) is 8.56. The summed E-state index contributed by atoms with van der Waals surface area (Å²) < 4.78 is 75.8. The minimum atomic E-state index is -3.61. The zero-order valence-corrected chi connectivity index (χ0v) is 19.0. The molecule has 2 aromatic carbocycles. The SMILES string of the molecule is CCS(=O)(=O)Nc1ccc(Oc2c(F)cc(F)cc2F)c(-c2cn(C)c(=O)c3ccsc23)c1. The zero-order chi connectivity index (χ0) is 23.9. The molecule has 0 amide bonds. The fourth-order valence-corrected chi connectivity index (χ4v) is 4.80. The maximum absolute atomic E-state index is 14.3. The first kappa shape index (κ1) is 22.9. The van der Waals surface area contributed by atoms with E-state index in [0.29, 0.717) is 27.8 Å². The Bertz CT molecular complexity index is 1520. The number of fused-ring (bicyclic) bond motifs is 1. The van der Waals surface area contributed by atoms with Crippen molar-refractivity contribution in [2.75, 3.05) is 10.5 Å². The van der Waals surface area contributed by atoms with Crippen LogP contribution in [-0.4, -0.2) is 18.7 Å². The van der Waals surface area contributed by atoms with Gasteiger partial charge in [0.15, 0.2) is 17.4 Å². The van der Waals surface area contributed by atoms with E-state index in [1.807, 2.05) is 0 Å². The molecule has 2 aromatic heterocycles. The van der Waals surface area contributed by atoms with Gasteiger partial charge in [-0.15, -0.1) is 11.3 Å². The van der Waals surface area contributed by atoms with Gasteiger partial charge in [-0.05, 0) is 36.6 Å². The second-order valence-corrected chi connectivity index (χ2v) is 10.1. The lowest BCUT2D eigenvalue weighted by molar-refractivity contribution is 0.402. The number of benzene rings is 2. The average molecular weight is 495 g/mol. The van der Waals surface area contributed by atoms with Crippen LogP contribution in [0, 0.1) is 17.5 Å². The van der Waals surface area contributed by atoms with Crippen LogP contribution in [-0.2, 0) is 17.1 Å². The lowest BCUT2D eigenvalue weighted by Crippen LogP contribution is -2.16. The Labute approximate surface area is 190 Å². The minimum Gasteiger partial charge on any atom is -0.451 e. The maximum atomic E-state index is 14.3. The first-order chi connectivity index (χ1) is 15.6. The summed E-state index contributed by atoms with van der Waals surface area (Å²) in [4.78, 5) is 12.5. The van der Waals surface area contributed by atoms with Gasteiger partial charge in [0.05, 0.1) is 11.1 Å². The summed E-state index contributed by atoms with van der Waals surface area (Å²) in [5.74, 6) is -4.58. The van der Waals surface area contributed by atoms with Gasteiger partial charge in [-0.3, -0.25) is 9.52 Å². The van der Waals surface area contributed by atoms with E-state index in [0.717, 1.165) is 0 Å². The number of nitrogens with one attached hydrogen (secondary N) is 1. The van der Waals surface area contributed by atoms with Crippen LogP contribution >= 0.6 is 11.3 Å². The van der Waals surface area contributed by atoms with E-state index in [1.54, 1.807) is 18.5 Å². The van der Waals surface area contributed by atoms with E-state index in [2.05, 4.69) is 4.72 Å². The molecule has 0 aliphatic rings. The highest BCUT2D eigenvalue weighted by molar-refractivity contribution is 7.92. The summed E-state index contributed by atoms with van der Waals surface area (Å²) >= 11 is 1.27. The third kappa shape index (κ3) is 4.46. The zero-order valence-electron chi connectivity index (χ0n) is 17.4. The van der Waals surface area contributed by atoms with Crippen molar-refractivity contribution in [1.82, 2.24) is 4.57 Å². The van der Waals surface area contributed by atoms with Crippen LogP contribution in [0.3, 0.4) is 0 Å². The number of hydrogen-bond donors (Lipinski definition) is 1. The van der Waals surface area contributed by atoms with Crippen molar-refractivity contribution in [2.24, 2.45) is 7.05 Å². The Morgan fingerprint density at radius 2 is 1.76 bits per heavy atom. The molecule has 0 unspecified atom stereocenters. The molecular weight excluding hydrogens is 477 g/mol. The second-order valence-electron chi connectivity index (χ2n) is 7.14. The molecule has 0 saturated carbocycles. The molecule has 11 heteroatoms. The highest BCUT2D eigenvalue weighted by Gasteiger charge is 2.20. The number of pyridine rings is 1. The van der Waals surface area contributed by atoms with E-state index in [1.165, 1.54) is 47.2 Å². The predicted molar refractivity (Wildman–Crippen MR) is 122 cm³/mol. The number of halogens is 3. The highest BCUT2D eigenvalue weighted by Crippen LogP contribution is 2.41. The van der Waals surface area contributed by atoms with Crippen molar-refractivity contribution in [2.45, 2.75) is 6.92 Å². The Morgan fingerprint density at radius 1 is 1.06 bits per heavy atom. The lowest BCUT2D eigenvalue weighted by atomic mass is 10.0. The summed E-state index contributed by atoms with van der Waals surface area (Å²) in [6.07, 6.45) is 1.53. The quantitative estimate of drug-likeness (QED) is 0.398. The number of nitrogens with zero attached hydrogens (tertiary/aromatic N) is 1. The fourth-order valence-electron chi connectivity index (χ4n) is 3.26. The van der Waals surface area contributed by atoms with Gasteiger partial charge >= 0.3 is 0 Å². The van der Waals surface area contributed by atoms with Crippen molar-refractivity contribution in [3.8, 4) is 22.6 Å². The van der Waals surface area contributed by atoms with Crippen molar-refractivity contribution in [1.29, 1.82) is 0 Å². The number of sulfonamides is 1. The third-order valence-corrected chi connectivity index (χ3v) is 7.14. The molecule has 0 bridgehead atoms. The molecule has 0 fully saturated rings. The third-order valence-electron chi connectivity index (χ3n) is 4.88. The molecule has 4 aromatic rings. The molecule has 33 heavy (non-hydrogen) atoms. The number of aryl methyl sites for hydroxylation is 1. The van der Waals surface area contributed by atoms with Gasteiger partial charge in [-0.1, -0.05) is 0 Å². The molecule has 0 atom stereocenters. The van der Waals surface area contributed by atoms with E-state index >= 15 is 0 Å². The lowest BCUT2D eigenvalue weighted by Gasteiger charge is -2.16. The molecule has 172 valence electrons. The molecule has 1 N–H and O–H groups in total.